The second kappa shape index (κ2) is 8.48. The maximum atomic E-state index is 9.58. The summed E-state index contributed by atoms with van der Waals surface area (Å²) < 4.78 is 0. The summed E-state index contributed by atoms with van der Waals surface area (Å²) in [7, 11) is 0. The quantitative estimate of drug-likeness (QED) is 0.528. The van der Waals surface area contributed by atoms with Gasteiger partial charge < -0.3 is 24.9 Å². The van der Waals surface area contributed by atoms with Crippen LogP contribution in [0.2, 0.25) is 0 Å². The Hall–Kier alpha value is 0.381. The molecule has 0 radical (unpaired) electrons. The Balaban J connectivity index is -0.000000320. The molecule has 0 spiro atoms. The fourth-order valence-electron chi connectivity index (χ4n) is 0.241. The molecule has 0 bridgehead atoms. The first kappa shape index (κ1) is 17.5. The van der Waals surface area contributed by atoms with E-state index >= 15 is 0 Å². The molecule has 0 aliphatic heterocycles. The van der Waals surface area contributed by atoms with Gasteiger partial charge >= 0.3 is 44.8 Å². The fourth-order valence-corrected chi connectivity index (χ4v) is 0.241. The van der Waals surface area contributed by atoms with Gasteiger partial charge in [0.1, 0.15) is 0 Å². The van der Waals surface area contributed by atoms with E-state index in [0.29, 0.717) is 0 Å². The SMILES string of the molecule is O=C([O-])CC(O)C(=O)[O-].[Ag+].[Ag+]. The van der Waals surface area contributed by atoms with E-state index in [4.69, 9.17) is 5.11 Å². The van der Waals surface area contributed by atoms with E-state index in [2.05, 4.69) is 0 Å². The molecule has 0 saturated carbocycles. The van der Waals surface area contributed by atoms with Crippen LogP contribution in [0.4, 0.5) is 0 Å². The van der Waals surface area contributed by atoms with Crippen molar-refractivity contribution in [3.8, 4) is 0 Å². The van der Waals surface area contributed by atoms with Crippen LogP contribution in [0.5, 0.6) is 0 Å². The molecule has 11 heavy (non-hydrogen) atoms. The molecule has 0 aromatic carbocycles. The zero-order valence-electron chi connectivity index (χ0n) is 4.97. The molecule has 0 heterocycles. The number of carboxylic acids is 2. The molecule has 1 N–H and O–H groups in total. The van der Waals surface area contributed by atoms with Gasteiger partial charge in [0.25, 0.3) is 0 Å². The normalized spacial score (nSPS) is 10.3. The van der Waals surface area contributed by atoms with Crippen molar-refractivity contribution in [2.24, 2.45) is 0 Å². The Labute approximate surface area is 93.8 Å². The van der Waals surface area contributed by atoms with Crippen molar-refractivity contribution >= 4 is 11.9 Å². The number of aliphatic carboxylic acids is 2. The van der Waals surface area contributed by atoms with Crippen LogP contribution in [0.3, 0.4) is 0 Å². The number of carboxylic acid groups (broad SMARTS) is 2. The van der Waals surface area contributed by atoms with E-state index in [1.54, 1.807) is 0 Å². The first-order valence-corrected chi connectivity index (χ1v) is 2.13. The number of rotatable bonds is 3. The van der Waals surface area contributed by atoms with Crippen molar-refractivity contribution in [2.45, 2.75) is 12.5 Å². The standard InChI is InChI=1S/C4H6O5.2Ag/c5-2(4(8)9)1-3(6)7;;/h2,5H,1H2,(H,6,7)(H,8,9);;/q;2*+1/p-2. The van der Waals surface area contributed by atoms with Crippen LogP contribution in [0.25, 0.3) is 0 Å². The number of hydrogen-bond acceptors (Lipinski definition) is 5. The summed E-state index contributed by atoms with van der Waals surface area (Å²) in [6, 6.07) is 0. The Kier molecular flexibility index (Phi) is 13.5. The van der Waals surface area contributed by atoms with Crippen LogP contribution >= 0.6 is 0 Å². The first-order chi connectivity index (χ1) is 4.04. The molecule has 0 aromatic rings. The molecule has 5 nitrogen and oxygen atoms in total. The molecule has 7 heteroatoms. The summed E-state index contributed by atoms with van der Waals surface area (Å²) in [5.41, 5.74) is 0. The van der Waals surface area contributed by atoms with Gasteiger partial charge in [0.2, 0.25) is 0 Å². The van der Waals surface area contributed by atoms with E-state index in [1.165, 1.54) is 0 Å². The Morgan fingerprint density at radius 2 is 1.64 bits per heavy atom. The fraction of sp³-hybridized carbons (Fsp3) is 0.500. The van der Waals surface area contributed by atoms with Gasteiger partial charge in [0.05, 0.1) is 12.1 Å². The predicted molar refractivity (Wildman–Crippen MR) is 20.6 cm³/mol. The topological polar surface area (TPSA) is 100 Å². The number of carbonyl (C=O) groups excluding carboxylic acids is 2. The first-order valence-electron chi connectivity index (χ1n) is 2.13. The molecule has 0 saturated heterocycles. The minimum Gasteiger partial charge on any atom is -0.550 e. The number of carbonyl (C=O) groups is 2. The van der Waals surface area contributed by atoms with Gasteiger partial charge in [-0.25, -0.2) is 0 Å². The maximum Gasteiger partial charge on any atom is 1.00 e. The minimum atomic E-state index is -1.96. The van der Waals surface area contributed by atoms with E-state index in [1.807, 2.05) is 0 Å². The molecule has 0 aliphatic carbocycles. The van der Waals surface area contributed by atoms with Crippen molar-refractivity contribution in [1.29, 1.82) is 0 Å². The molecule has 0 fully saturated rings. The number of aliphatic hydroxyl groups is 1. The molecule has 0 rings (SSSR count). The summed E-state index contributed by atoms with van der Waals surface area (Å²) in [6.45, 7) is 0. The summed E-state index contributed by atoms with van der Waals surface area (Å²) in [5.74, 6) is -3.43. The molecule has 1 atom stereocenters. The van der Waals surface area contributed by atoms with Crippen LogP contribution in [0.1, 0.15) is 6.42 Å². The van der Waals surface area contributed by atoms with E-state index < -0.39 is 24.5 Å². The molecule has 0 amide bonds. The summed E-state index contributed by atoms with van der Waals surface area (Å²) in [5, 5.41) is 27.3. The van der Waals surface area contributed by atoms with E-state index in [0.717, 1.165) is 0 Å². The number of aliphatic hydroxyl groups excluding tert-OH is 1. The number of hydrogen-bond donors (Lipinski definition) is 1. The van der Waals surface area contributed by atoms with E-state index in [9.17, 15) is 19.8 Å². The molecule has 0 aromatic heterocycles. The van der Waals surface area contributed by atoms with Crippen molar-refractivity contribution in [2.75, 3.05) is 0 Å². The third-order valence-electron chi connectivity index (χ3n) is 0.632. The zero-order chi connectivity index (χ0) is 7.44. The van der Waals surface area contributed by atoms with Crippen LogP contribution in [0, 0.1) is 0 Å². The van der Waals surface area contributed by atoms with Crippen LogP contribution < -0.4 is 10.2 Å². The zero-order valence-corrected chi connectivity index (χ0v) is 7.93. The molecule has 1 unspecified atom stereocenters. The average Bonchev–Trinajstić information content (AvgIpc) is 1.63. The Morgan fingerprint density at radius 3 is 1.73 bits per heavy atom. The van der Waals surface area contributed by atoms with Crippen LogP contribution in [0.15, 0.2) is 0 Å². The summed E-state index contributed by atoms with van der Waals surface area (Å²) in [6.07, 6.45) is -2.89. The third-order valence-corrected chi connectivity index (χ3v) is 0.632. The van der Waals surface area contributed by atoms with Gasteiger partial charge in [0.15, 0.2) is 0 Å². The van der Waals surface area contributed by atoms with Crippen molar-refractivity contribution in [3.63, 3.8) is 0 Å². The van der Waals surface area contributed by atoms with Gasteiger partial charge in [-0.05, 0) is 0 Å². The Morgan fingerprint density at radius 1 is 1.27 bits per heavy atom. The average molecular weight is 348 g/mol. The Bertz CT molecular complexity index is 136. The van der Waals surface area contributed by atoms with Gasteiger partial charge in [-0.1, -0.05) is 0 Å². The van der Waals surface area contributed by atoms with Crippen molar-refractivity contribution in [3.05, 3.63) is 0 Å². The second-order valence-corrected chi connectivity index (χ2v) is 1.41. The van der Waals surface area contributed by atoms with Crippen molar-refractivity contribution in [1.82, 2.24) is 0 Å². The largest absolute Gasteiger partial charge is 1.00 e. The smallest absolute Gasteiger partial charge is 0.550 e. The summed E-state index contributed by atoms with van der Waals surface area (Å²) in [4.78, 5) is 19.1. The maximum absolute atomic E-state index is 9.58. The van der Waals surface area contributed by atoms with Crippen molar-refractivity contribution < 1.29 is 69.7 Å². The van der Waals surface area contributed by atoms with Crippen LogP contribution in [-0.4, -0.2) is 23.1 Å². The van der Waals surface area contributed by atoms with Gasteiger partial charge in [-0.2, -0.15) is 0 Å². The van der Waals surface area contributed by atoms with E-state index in [-0.39, 0.29) is 44.8 Å². The molecular weight excluding hydrogens is 344 g/mol. The van der Waals surface area contributed by atoms with Gasteiger partial charge in [-0.3, -0.25) is 0 Å². The molecular formula is C4H4Ag2O5. The van der Waals surface area contributed by atoms with Gasteiger partial charge in [-0.15, -0.1) is 0 Å². The third kappa shape index (κ3) is 10.4. The molecule has 0 aliphatic rings. The predicted octanol–water partition coefficient (Wildman–Crippen LogP) is -3.77. The molecule has 72 valence electrons. The minimum absolute atomic E-state index is 0. The summed E-state index contributed by atoms with van der Waals surface area (Å²) >= 11 is 0. The second-order valence-electron chi connectivity index (χ2n) is 1.41. The monoisotopic (exact) mass is 346 g/mol. The van der Waals surface area contributed by atoms with Crippen LogP contribution in [-0.2, 0) is 54.3 Å². The van der Waals surface area contributed by atoms with Gasteiger partial charge in [0, 0.05) is 12.4 Å².